The Labute approximate surface area is 177 Å². The molecule has 0 aliphatic rings. The van der Waals surface area contributed by atoms with Crippen LogP contribution < -0.4 is 0 Å². The molecule has 0 saturated heterocycles. The van der Waals surface area contributed by atoms with E-state index in [9.17, 15) is 4.79 Å². The zero-order chi connectivity index (χ0) is 20.9. The second kappa shape index (κ2) is 7.42. The van der Waals surface area contributed by atoms with Crippen molar-refractivity contribution in [3.63, 3.8) is 0 Å². The molecule has 0 spiro atoms. The maximum atomic E-state index is 13.0. The lowest BCUT2D eigenvalue weighted by Gasteiger charge is -2.18. The highest BCUT2D eigenvalue weighted by Crippen LogP contribution is 2.22. The quantitative estimate of drug-likeness (QED) is 0.454. The van der Waals surface area contributed by atoms with E-state index in [-0.39, 0.29) is 12.3 Å². The van der Waals surface area contributed by atoms with Crippen molar-refractivity contribution in [2.75, 3.05) is 13.3 Å². The summed E-state index contributed by atoms with van der Waals surface area (Å²) >= 11 is 3.13. The van der Waals surface area contributed by atoms with Crippen molar-refractivity contribution >= 4 is 39.7 Å². The molecule has 0 saturated carbocycles. The number of thiazole rings is 1. The zero-order valence-electron chi connectivity index (χ0n) is 17.3. The lowest BCUT2D eigenvalue weighted by atomic mass is 10.1. The van der Waals surface area contributed by atoms with Crippen LogP contribution in [0.1, 0.15) is 33.2 Å². The van der Waals surface area contributed by atoms with Gasteiger partial charge in [0.25, 0.3) is 5.78 Å². The predicted octanol–water partition coefficient (Wildman–Crippen LogP) is 2.99. The Hall–Kier alpha value is -2.46. The van der Waals surface area contributed by atoms with Crippen molar-refractivity contribution in [3.05, 3.63) is 39.4 Å². The summed E-state index contributed by atoms with van der Waals surface area (Å²) in [4.78, 5) is 30.5. The minimum atomic E-state index is 0.0313. The minimum Gasteiger partial charge on any atom is -0.340 e. The molecule has 0 unspecified atom stereocenters. The molecule has 0 bridgehead atoms. The molecule has 0 radical (unpaired) electrons. The third-order valence-electron chi connectivity index (χ3n) is 5.09. The van der Waals surface area contributed by atoms with Crippen molar-refractivity contribution in [3.8, 4) is 0 Å². The smallest absolute Gasteiger partial charge is 0.253 e. The fraction of sp³-hybridized carbons (Fsp3) is 0.421. The second-order valence-corrected chi connectivity index (χ2v) is 9.12. The first-order chi connectivity index (χ1) is 13.8. The van der Waals surface area contributed by atoms with Crippen molar-refractivity contribution in [2.45, 2.75) is 45.8 Å². The molecule has 0 fully saturated rings. The number of aromatic nitrogens is 6. The maximum Gasteiger partial charge on any atom is 0.253 e. The van der Waals surface area contributed by atoms with Gasteiger partial charge in [-0.1, -0.05) is 11.8 Å². The predicted molar refractivity (Wildman–Crippen MR) is 115 cm³/mol. The van der Waals surface area contributed by atoms with Crippen LogP contribution in [0.15, 0.2) is 11.4 Å². The molecule has 4 aromatic rings. The van der Waals surface area contributed by atoms with Crippen LogP contribution in [0.5, 0.6) is 0 Å². The SMILES string of the molecule is CSc1nc2nc(C)c(CC(=O)N(C)Cc3c(C)nc4sc(C)cn34)c(C)n2n1. The van der Waals surface area contributed by atoms with Crippen LogP contribution in [-0.2, 0) is 17.8 Å². The molecule has 0 N–H and O–H groups in total. The van der Waals surface area contributed by atoms with Gasteiger partial charge in [-0.25, -0.2) is 14.5 Å². The molecular weight excluding hydrogens is 406 g/mol. The van der Waals surface area contributed by atoms with Crippen molar-refractivity contribution in [1.29, 1.82) is 0 Å². The van der Waals surface area contributed by atoms with Gasteiger partial charge < -0.3 is 4.90 Å². The molecule has 4 aromatic heterocycles. The number of likely N-dealkylation sites (N-methyl/N-ethyl adjacent to an activating group) is 1. The van der Waals surface area contributed by atoms with E-state index < -0.39 is 0 Å². The number of hydrogen-bond donors (Lipinski definition) is 0. The molecule has 8 nitrogen and oxygen atoms in total. The van der Waals surface area contributed by atoms with E-state index in [4.69, 9.17) is 0 Å². The number of fused-ring (bicyclic) bond motifs is 2. The highest BCUT2D eigenvalue weighted by molar-refractivity contribution is 7.98. The first-order valence-corrected chi connectivity index (χ1v) is 11.3. The van der Waals surface area contributed by atoms with Gasteiger partial charge in [-0.3, -0.25) is 9.20 Å². The van der Waals surface area contributed by atoms with Crippen LogP contribution in [-0.4, -0.2) is 53.1 Å². The van der Waals surface area contributed by atoms with Gasteiger partial charge in [-0.15, -0.1) is 16.4 Å². The molecular formula is C19H23N7OS2. The standard InChI is InChI=1S/C19H23N7OS2/c1-10-8-25-15(12(3)21-19(25)29-10)9-24(5)16(27)7-14-11(2)20-17-22-18(28-6)23-26(17)13(14)4/h8H,7,9H2,1-6H3. The van der Waals surface area contributed by atoms with Gasteiger partial charge in [0.2, 0.25) is 11.1 Å². The van der Waals surface area contributed by atoms with E-state index in [1.165, 1.54) is 16.6 Å². The van der Waals surface area contributed by atoms with Crippen LogP contribution in [0, 0.1) is 27.7 Å². The number of thioether (sulfide) groups is 1. The number of imidazole rings is 1. The summed E-state index contributed by atoms with van der Waals surface area (Å²) in [7, 11) is 1.83. The number of rotatable bonds is 5. The maximum absolute atomic E-state index is 13.0. The Morgan fingerprint density at radius 2 is 1.93 bits per heavy atom. The summed E-state index contributed by atoms with van der Waals surface area (Å²) in [5.41, 5.74) is 4.61. The summed E-state index contributed by atoms with van der Waals surface area (Å²) < 4.78 is 3.81. The van der Waals surface area contributed by atoms with Gasteiger partial charge in [-0.2, -0.15) is 4.98 Å². The molecule has 0 aromatic carbocycles. The molecule has 152 valence electrons. The summed E-state index contributed by atoms with van der Waals surface area (Å²) in [5.74, 6) is 0.600. The number of hydrogen-bond acceptors (Lipinski definition) is 7. The average Bonchev–Trinajstić information content (AvgIpc) is 3.32. The molecule has 4 heterocycles. The fourth-order valence-electron chi connectivity index (χ4n) is 3.43. The lowest BCUT2D eigenvalue weighted by molar-refractivity contribution is -0.129. The molecule has 10 heteroatoms. The van der Waals surface area contributed by atoms with Crippen molar-refractivity contribution in [1.82, 2.24) is 33.9 Å². The zero-order valence-corrected chi connectivity index (χ0v) is 19.0. The minimum absolute atomic E-state index is 0.0313. The second-order valence-electron chi connectivity index (χ2n) is 7.14. The van der Waals surface area contributed by atoms with E-state index in [1.54, 1.807) is 20.8 Å². The highest BCUT2D eigenvalue weighted by atomic mass is 32.2. The Kier molecular flexibility index (Phi) is 5.07. The molecule has 1 amide bonds. The molecule has 4 rings (SSSR count). The Balaban J connectivity index is 1.59. The van der Waals surface area contributed by atoms with Gasteiger partial charge in [0.15, 0.2) is 4.96 Å². The van der Waals surface area contributed by atoms with Crippen molar-refractivity contribution < 1.29 is 4.79 Å². The van der Waals surface area contributed by atoms with Crippen molar-refractivity contribution in [2.24, 2.45) is 0 Å². The van der Waals surface area contributed by atoms with Gasteiger partial charge in [0, 0.05) is 35.1 Å². The van der Waals surface area contributed by atoms with Gasteiger partial charge in [0.1, 0.15) is 0 Å². The lowest BCUT2D eigenvalue weighted by Crippen LogP contribution is -2.29. The third kappa shape index (κ3) is 3.51. The van der Waals surface area contributed by atoms with Gasteiger partial charge >= 0.3 is 0 Å². The number of amides is 1. The third-order valence-corrected chi connectivity index (χ3v) is 6.53. The monoisotopic (exact) mass is 429 g/mol. The highest BCUT2D eigenvalue weighted by Gasteiger charge is 2.20. The van der Waals surface area contributed by atoms with Crippen LogP contribution in [0.2, 0.25) is 0 Å². The van der Waals surface area contributed by atoms with E-state index in [1.807, 2.05) is 34.1 Å². The normalized spacial score (nSPS) is 11.7. The number of nitrogens with zero attached hydrogens (tertiary/aromatic N) is 7. The summed E-state index contributed by atoms with van der Waals surface area (Å²) in [6, 6.07) is 0. The van der Waals surface area contributed by atoms with Crippen LogP contribution in [0.25, 0.3) is 10.7 Å². The fourth-order valence-corrected chi connectivity index (χ4v) is 4.66. The van der Waals surface area contributed by atoms with Gasteiger partial charge in [0.05, 0.1) is 24.4 Å². The van der Waals surface area contributed by atoms with E-state index >= 15 is 0 Å². The van der Waals surface area contributed by atoms with E-state index in [2.05, 4.69) is 37.6 Å². The van der Waals surface area contributed by atoms with Crippen LogP contribution in [0.4, 0.5) is 0 Å². The number of carbonyl (C=O) groups excluding carboxylic acids is 1. The van der Waals surface area contributed by atoms with E-state index in [0.29, 0.717) is 17.5 Å². The summed E-state index contributed by atoms with van der Waals surface area (Å²) in [6.07, 6.45) is 4.28. The molecule has 29 heavy (non-hydrogen) atoms. The first kappa shape index (κ1) is 19.8. The molecule has 0 aliphatic carbocycles. The number of aryl methyl sites for hydroxylation is 4. The first-order valence-electron chi connectivity index (χ1n) is 9.23. The topological polar surface area (TPSA) is 80.7 Å². The largest absolute Gasteiger partial charge is 0.340 e. The van der Waals surface area contributed by atoms with Crippen LogP contribution in [0.3, 0.4) is 0 Å². The Morgan fingerprint density at radius 3 is 2.66 bits per heavy atom. The summed E-state index contributed by atoms with van der Waals surface area (Å²) in [5, 5.41) is 5.14. The van der Waals surface area contributed by atoms with Crippen LogP contribution >= 0.6 is 23.1 Å². The summed E-state index contributed by atoms with van der Waals surface area (Å²) in [6.45, 7) is 8.44. The number of carbonyl (C=O) groups is 1. The van der Waals surface area contributed by atoms with Gasteiger partial charge in [-0.05, 0) is 34.0 Å². The molecule has 0 atom stereocenters. The average molecular weight is 430 g/mol. The van der Waals surface area contributed by atoms with E-state index in [0.717, 1.165) is 33.3 Å². The Morgan fingerprint density at radius 1 is 1.17 bits per heavy atom. The molecule has 0 aliphatic heterocycles. The Bertz CT molecular complexity index is 1240.